The zero-order chi connectivity index (χ0) is 16.7. The highest BCUT2D eigenvalue weighted by Gasteiger charge is 2.15. The average Bonchev–Trinajstić information content (AvgIpc) is 3.25. The first-order valence-corrected chi connectivity index (χ1v) is 8.07. The minimum absolute atomic E-state index is 0.280. The van der Waals surface area contributed by atoms with Crippen LogP contribution in [0.2, 0.25) is 0 Å². The first kappa shape index (κ1) is 14.3. The molecule has 0 saturated carbocycles. The summed E-state index contributed by atoms with van der Waals surface area (Å²) in [6.45, 7) is 0. The van der Waals surface area contributed by atoms with Crippen LogP contribution in [0.4, 0.5) is 0 Å². The second-order valence-electron chi connectivity index (χ2n) is 5.26. The molecule has 0 radical (unpaired) electrons. The topological polar surface area (TPSA) is 81.8 Å². The van der Waals surface area contributed by atoms with Crippen molar-refractivity contribution in [2.75, 3.05) is 0 Å². The molecule has 3 heterocycles. The van der Waals surface area contributed by atoms with Gasteiger partial charge in [0.1, 0.15) is 11.6 Å². The molecule has 0 bridgehead atoms. The van der Waals surface area contributed by atoms with Crippen molar-refractivity contribution in [1.29, 1.82) is 5.26 Å². The van der Waals surface area contributed by atoms with Crippen LogP contribution in [0.25, 0.3) is 27.2 Å². The molecule has 4 rings (SSSR count). The number of fused-ring (bicyclic) bond motifs is 1. The Kier molecular flexibility index (Phi) is 3.22. The number of benzene rings is 1. The van der Waals surface area contributed by atoms with Crippen molar-refractivity contribution in [3.8, 4) is 27.9 Å². The Bertz CT molecular complexity index is 1130. The summed E-state index contributed by atoms with van der Waals surface area (Å²) >= 11 is 1.67. The monoisotopic (exact) mass is 333 g/mol. The number of H-pyrrole nitrogens is 1. The first-order valence-electron chi connectivity index (χ1n) is 7.20. The van der Waals surface area contributed by atoms with Crippen molar-refractivity contribution in [2.24, 2.45) is 0 Å². The molecule has 0 aliphatic rings. The van der Waals surface area contributed by atoms with Crippen LogP contribution in [0.3, 0.4) is 0 Å². The molecule has 0 amide bonds. The van der Waals surface area contributed by atoms with Crippen LogP contribution in [0.5, 0.6) is 5.75 Å². The van der Waals surface area contributed by atoms with Gasteiger partial charge in [-0.25, -0.2) is 0 Å². The number of thiophene rings is 1. The van der Waals surface area contributed by atoms with Crippen LogP contribution in [0.1, 0.15) is 5.56 Å². The van der Waals surface area contributed by atoms with Crippen molar-refractivity contribution in [3.05, 3.63) is 70.0 Å². The third kappa shape index (κ3) is 2.11. The number of aromatic hydroxyl groups is 1. The molecular weight excluding hydrogens is 322 g/mol. The lowest BCUT2D eigenvalue weighted by atomic mass is 10.1. The van der Waals surface area contributed by atoms with E-state index >= 15 is 0 Å². The van der Waals surface area contributed by atoms with Gasteiger partial charge in [0.05, 0.1) is 5.52 Å². The lowest BCUT2D eigenvalue weighted by molar-refractivity contribution is 0.476. The highest BCUT2D eigenvalue weighted by molar-refractivity contribution is 7.13. The fourth-order valence-corrected chi connectivity index (χ4v) is 3.47. The lowest BCUT2D eigenvalue weighted by Crippen LogP contribution is -2.10. The Morgan fingerprint density at radius 2 is 1.96 bits per heavy atom. The molecule has 24 heavy (non-hydrogen) atoms. The van der Waals surface area contributed by atoms with Crippen molar-refractivity contribution >= 4 is 22.4 Å². The Morgan fingerprint density at radius 3 is 2.62 bits per heavy atom. The summed E-state index contributed by atoms with van der Waals surface area (Å²) < 4.78 is 1.75. The van der Waals surface area contributed by atoms with Gasteiger partial charge in [0, 0.05) is 16.8 Å². The van der Waals surface area contributed by atoms with Crippen LogP contribution in [-0.2, 0) is 0 Å². The molecule has 0 fully saturated rings. The fraction of sp³-hybridized carbons (Fsp3) is 0. The molecule has 0 spiro atoms. The molecule has 0 aliphatic heterocycles. The number of hydrogen-bond donors (Lipinski definition) is 2. The van der Waals surface area contributed by atoms with Gasteiger partial charge in [0.15, 0.2) is 11.3 Å². The van der Waals surface area contributed by atoms with E-state index in [0.29, 0.717) is 11.0 Å². The standard InChI is InChI=1S/C18H11N3O2S/c19-10-13-17(22)16-14(20-18(13)23)7-8-21(16)12-5-3-11(4-6-12)15-2-1-9-24-15/h1-9H,(H2,20,22,23). The maximum atomic E-state index is 11.8. The van der Waals surface area contributed by atoms with Gasteiger partial charge in [-0.1, -0.05) is 18.2 Å². The summed E-state index contributed by atoms with van der Waals surface area (Å²) in [5.74, 6) is -0.302. The molecule has 0 aliphatic carbocycles. The SMILES string of the molecule is N#Cc1c(O)c2c(ccn2-c2ccc(-c3cccs3)cc2)[nH]c1=O. The van der Waals surface area contributed by atoms with E-state index in [9.17, 15) is 9.90 Å². The second-order valence-corrected chi connectivity index (χ2v) is 6.21. The molecule has 0 atom stereocenters. The summed E-state index contributed by atoms with van der Waals surface area (Å²) in [4.78, 5) is 15.6. The predicted octanol–water partition coefficient (Wildman–Crippen LogP) is 3.62. The fourth-order valence-electron chi connectivity index (χ4n) is 2.73. The number of nitrogens with one attached hydrogen (secondary N) is 1. The molecule has 4 aromatic rings. The number of aromatic nitrogens is 2. The molecular formula is C18H11N3O2S. The Balaban J connectivity index is 1.88. The summed E-state index contributed by atoms with van der Waals surface area (Å²) in [6.07, 6.45) is 1.75. The first-order chi connectivity index (χ1) is 11.7. The van der Waals surface area contributed by atoms with Crippen LogP contribution in [0.15, 0.2) is 58.8 Å². The highest BCUT2D eigenvalue weighted by atomic mass is 32.1. The minimum Gasteiger partial charge on any atom is -0.504 e. The zero-order valence-corrected chi connectivity index (χ0v) is 13.2. The summed E-state index contributed by atoms with van der Waals surface area (Å²) in [7, 11) is 0. The zero-order valence-electron chi connectivity index (χ0n) is 12.4. The van der Waals surface area contributed by atoms with Crippen molar-refractivity contribution in [1.82, 2.24) is 9.55 Å². The molecule has 0 unspecified atom stereocenters. The molecule has 2 N–H and O–H groups in total. The van der Waals surface area contributed by atoms with E-state index in [2.05, 4.69) is 11.1 Å². The minimum atomic E-state index is -0.590. The van der Waals surface area contributed by atoms with E-state index in [4.69, 9.17) is 5.26 Å². The Labute approximate surface area is 140 Å². The summed E-state index contributed by atoms with van der Waals surface area (Å²) in [5, 5.41) is 21.4. The van der Waals surface area contributed by atoms with Gasteiger partial charge >= 0.3 is 0 Å². The van der Waals surface area contributed by atoms with Crippen LogP contribution in [-0.4, -0.2) is 14.7 Å². The van der Waals surface area contributed by atoms with E-state index in [0.717, 1.165) is 11.3 Å². The van der Waals surface area contributed by atoms with Gasteiger partial charge in [0.25, 0.3) is 5.56 Å². The van der Waals surface area contributed by atoms with Gasteiger partial charge in [0.2, 0.25) is 0 Å². The quantitative estimate of drug-likeness (QED) is 0.588. The normalized spacial score (nSPS) is 10.8. The number of pyridine rings is 1. The van der Waals surface area contributed by atoms with Gasteiger partial charge in [-0.05, 0) is 35.2 Å². The smallest absolute Gasteiger partial charge is 0.270 e. The largest absolute Gasteiger partial charge is 0.504 e. The van der Waals surface area contributed by atoms with Crippen LogP contribution < -0.4 is 5.56 Å². The molecule has 0 saturated heterocycles. The van der Waals surface area contributed by atoms with Gasteiger partial charge in [-0.2, -0.15) is 5.26 Å². The van der Waals surface area contributed by atoms with E-state index in [1.54, 1.807) is 34.2 Å². The summed E-state index contributed by atoms with van der Waals surface area (Å²) in [6, 6.07) is 15.4. The third-order valence-corrected chi connectivity index (χ3v) is 4.80. The Morgan fingerprint density at radius 1 is 1.17 bits per heavy atom. The van der Waals surface area contributed by atoms with Crippen molar-refractivity contribution < 1.29 is 5.11 Å². The van der Waals surface area contributed by atoms with Crippen LogP contribution >= 0.6 is 11.3 Å². The van der Waals surface area contributed by atoms with E-state index in [-0.39, 0.29) is 11.3 Å². The molecule has 116 valence electrons. The maximum absolute atomic E-state index is 11.8. The van der Waals surface area contributed by atoms with E-state index in [1.165, 1.54) is 4.88 Å². The maximum Gasteiger partial charge on any atom is 0.270 e. The van der Waals surface area contributed by atoms with Crippen molar-refractivity contribution in [2.45, 2.75) is 0 Å². The molecule has 1 aromatic carbocycles. The third-order valence-electron chi connectivity index (χ3n) is 3.89. The average molecular weight is 333 g/mol. The van der Waals surface area contributed by atoms with E-state index < -0.39 is 5.56 Å². The number of nitrogens with zero attached hydrogens (tertiary/aromatic N) is 2. The number of rotatable bonds is 2. The van der Waals surface area contributed by atoms with Crippen LogP contribution in [0, 0.1) is 11.3 Å². The second kappa shape index (κ2) is 5.41. The highest BCUT2D eigenvalue weighted by Crippen LogP contribution is 2.30. The predicted molar refractivity (Wildman–Crippen MR) is 93.6 cm³/mol. The number of aromatic amines is 1. The molecule has 6 heteroatoms. The summed E-state index contributed by atoms with van der Waals surface area (Å²) in [5.41, 5.74) is 1.97. The molecule has 5 nitrogen and oxygen atoms in total. The van der Waals surface area contributed by atoms with Gasteiger partial charge in [-0.3, -0.25) is 4.79 Å². The van der Waals surface area contributed by atoms with Crippen molar-refractivity contribution in [3.63, 3.8) is 0 Å². The van der Waals surface area contributed by atoms with Gasteiger partial charge in [-0.15, -0.1) is 11.3 Å². The van der Waals surface area contributed by atoms with E-state index in [1.807, 2.05) is 35.7 Å². The molecule has 3 aromatic heterocycles. The van der Waals surface area contributed by atoms with Gasteiger partial charge < -0.3 is 14.7 Å². The number of nitriles is 1. The number of hydrogen-bond acceptors (Lipinski definition) is 4. The lowest BCUT2D eigenvalue weighted by Gasteiger charge is -2.08. The Hall–Kier alpha value is -3.30.